The molecule has 1 aromatic carbocycles. The molecule has 110 valence electrons. The Morgan fingerprint density at radius 2 is 2.15 bits per heavy atom. The topological polar surface area (TPSA) is 40.5 Å². The summed E-state index contributed by atoms with van der Waals surface area (Å²) in [5.41, 5.74) is -0.494. The number of carboxylic acid groups (broad SMARTS) is 1. The van der Waals surface area contributed by atoms with Gasteiger partial charge in [0.05, 0.1) is 5.41 Å². The van der Waals surface area contributed by atoms with E-state index in [0.717, 1.165) is 38.1 Å². The minimum Gasteiger partial charge on any atom is -0.481 e. The Kier molecular flexibility index (Phi) is 5.49. The van der Waals surface area contributed by atoms with Crippen LogP contribution in [0.25, 0.3) is 0 Å². The van der Waals surface area contributed by atoms with Crippen LogP contribution in [-0.2, 0) is 4.79 Å². The van der Waals surface area contributed by atoms with E-state index in [9.17, 15) is 9.90 Å². The lowest BCUT2D eigenvalue weighted by molar-refractivity contribution is -0.148. The van der Waals surface area contributed by atoms with Crippen LogP contribution in [0.1, 0.15) is 26.2 Å². The molecule has 1 saturated heterocycles. The minimum absolute atomic E-state index is 0.494. The number of hydrogen-bond acceptors (Lipinski definition) is 3. The summed E-state index contributed by atoms with van der Waals surface area (Å²) in [6.07, 6.45) is 2.54. The van der Waals surface area contributed by atoms with Crippen molar-refractivity contribution in [2.75, 3.05) is 25.4 Å². The predicted octanol–water partition coefficient (Wildman–Crippen LogP) is 3.36. The normalized spacial score (nSPS) is 23.1. The van der Waals surface area contributed by atoms with Gasteiger partial charge in [-0.1, -0.05) is 31.5 Å². The summed E-state index contributed by atoms with van der Waals surface area (Å²) in [4.78, 5) is 15.1. The lowest BCUT2D eigenvalue weighted by Crippen LogP contribution is -2.35. The summed E-state index contributed by atoms with van der Waals surface area (Å²) in [5.74, 6) is 0.406. The van der Waals surface area contributed by atoms with Gasteiger partial charge in [-0.25, -0.2) is 0 Å². The molecule has 1 aliphatic rings. The summed E-state index contributed by atoms with van der Waals surface area (Å²) in [5, 5.41) is 9.48. The predicted molar refractivity (Wildman–Crippen MR) is 83.2 cm³/mol. The van der Waals surface area contributed by atoms with Gasteiger partial charge in [0.1, 0.15) is 0 Å². The molecule has 0 aliphatic carbocycles. The van der Waals surface area contributed by atoms with Crippen molar-refractivity contribution in [3.8, 4) is 0 Å². The minimum atomic E-state index is -0.613. The second-order valence-corrected chi connectivity index (χ2v) is 6.69. The third-order valence-corrected chi connectivity index (χ3v) is 5.03. The Morgan fingerprint density at radius 3 is 2.80 bits per heavy atom. The second kappa shape index (κ2) is 7.14. The van der Waals surface area contributed by atoms with Crippen LogP contribution in [0.3, 0.4) is 0 Å². The van der Waals surface area contributed by atoms with Crippen LogP contribution >= 0.6 is 11.8 Å². The van der Waals surface area contributed by atoms with E-state index in [4.69, 9.17) is 0 Å². The zero-order valence-corrected chi connectivity index (χ0v) is 12.9. The van der Waals surface area contributed by atoms with E-state index in [1.54, 1.807) is 0 Å². The second-order valence-electron chi connectivity index (χ2n) is 5.52. The Hall–Kier alpha value is -1.00. The number of hydrogen-bond donors (Lipinski definition) is 1. The van der Waals surface area contributed by atoms with Gasteiger partial charge in [-0.05, 0) is 31.5 Å². The standard InChI is InChI=1S/C16H23NO2S/c1-2-8-16(15(18)19)9-10-17(13-16)11-12-20-14-6-4-3-5-7-14/h3-7H,2,8-13H2,1H3,(H,18,19). The van der Waals surface area contributed by atoms with Crippen molar-refractivity contribution in [1.29, 1.82) is 0 Å². The Bertz CT molecular complexity index is 437. The highest BCUT2D eigenvalue weighted by Crippen LogP contribution is 2.35. The molecule has 1 aromatic rings. The molecule has 0 saturated carbocycles. The molecule has 4 heteroatoms. The van der Waals surface area contributed by atoms with Crippen LogP contribution in [0.4, 0.5) is 0 Å². The fourth-order valence-corrected chi connectivity index (χ4v) is 3.86. The number of benzene rings is 1. The molecule has 0 radical (unpaired) electrons. The van der Waals surface area contributed by atoms with Crippen LogP contribution < -0.4 is 0 Å². The number of nitrogens with zero attached hydrogens (tertiary/aromatic N) is 1. The molecule has 2 rings (SSSR count). The lowest BCUT2D eigenvalue weighted by atomic mass is 9.83. The Labute approximate surface area is 125 Å². The summed E-state index contributed by atoms with van der Waals surface area (Å²) >= 11 is 1.84. The molecule has 0 spiro atoms. The molecule has 1 unspecified atom stereocenters. The first-order chi connectivity index (χ1) is 9.66. The van der Waals surface area contributed by atoms with Crippen LogP contribution in [0, 0.1) is 5.41 Å². The van der Waals surface area contributed by atoms with Crippen molar-refractivity contribution in [2.24, 2.45) is 5.41 Å². The molecule has 1 N–H and O–H groups in total. The lowest BCUT2D eigenvalue weighted by Gasteiger charge is -2.24. The van der Waals surface area contributed by atoms with Crippen LogP contribution in [0.5, 0.6) is 0 Å². The number of carboxylic acids is 1. The van der Waals surface area contributed by atoms with Gasteiger partial charge in [-0.2, -0.15) is 0 Å². The largest absolute Gasteiger partial charge is 0.481 e. The van der Waals surface area contributed by atoms with Crippen LogP contribution in [0.15, 0.2) is 35.2 Å². The monoisotopic (exact) mass is 293 g/mol. The van der Waals surface area contributed by atoms with Gasteiger partial charge in [0.25, 0.3) is 0 Å². The summed E-state index contributed by atoms with van der Waals surface area (Å²) in [6.45, 7) is 4.67. The number of carbonyl (C=O) groups is 1. The SMILES string of the molecule is CCCC1(C(=O)O)CCN(CCSc2ccccc2)C1. The average molecular weight is 293 g/mol. The number of aliphatic carboxylic acids is 1. The first-order valence-electron chi connectivity index (χ1n) is 7.30. The van der Waals surface area contributed by atoms with Crippen molar-refractivity contribution in [2.45, 2.75) is 31.1 Å². The van der Waals surface area contributed by atoms with E-state index in [-0.39, 0.29) is 0 Å². The Morgan fingerprint density at radius 1 is 1.40 bits per heavy atom. The maximum absolute atomic E-state index is 11.5. The highest BCUT2D eigenvalue weighted by molar-refractivity contribution is 7.99. The van der Waals surface area contributed by atoms with E-state index >= 15 is 0 Å². The molecule has 3 nitrogen and oxygen atoms in total. The highest BCUT2D eigenvalue weighted by atomic mass is 32.2. The van der Waals surface area contributed by atoms with Crippen molar-refractivity contribution >= 4 is 17.7 Å². The fraction of sp³-hybridized carbons (Fsp3) is 0.562. The van der Waals surface area contributed by atoms with Gasteiger partial charge in [-0.15, -0.1) is 11.8 Å². The van der Waals surface area contributed by atoms with Gasteiger partial charge in [0, 0.05) is 23.7 Å². The maximum atomic E-state index is 11.5. The van der Waals surface area contributed by atoms with Crippen molar-refractivity contribution in [3.63, 3.8) is 0 Å². The number of likely N-dealkylation sites (tertiary alicyclic amines) is 1. The van der Waals surface area contributed by atoms with Crippen LogP contribution in [0.2, 0.25) is 0 Å². The molecule has 20 heavy (non-hydrogen) atoms. The third-order valence-electron chi connectivity index (χ3n) is 4.03. The Balaban J connectivity index is 1.79. The van der Waals surface area contributed by atoms with Crippen molar-refractivity contribution in [3.05, 3.63) is 30.3 Å². The van der Waals surface area contributed by atoms with E-state index in [2.05, 4.69) is 36.1 Å². The van der Waals surface area contributed by atoms with Crippen molar-refractivity contribution < 1.29 is 9.90 Å². The molecule has 0 amide bonds. The van der Waals surface area contributed by atoms with Gasteiger partial charge in [0.15, 0.2) is 0 Å². The number of rotatable bonds is 7. The summed E-state index contributed by atoms with van der Waals surface area (Å²) in [7, 11) is 0. The zero-order chi connectivity index (χ0) is 14.4. The third kappa shape index (κ3) is 3.76. The maximum Gasteiger partial charge on any atom is 0.310 e. The molecule has 0 bridgehead atoms. The van der Waals surface area contributed by atoms with Gasteiger partial charge >= 0.3 is 5.97 Å². The molecule has 1 heterocycles. The summed E-state index contributed by atoms with van der Waals surface area (Å²) in [6, 6.07) is 10.4. The van der Waals surface area contributed by atoms with E-state index in [1.807, 2.05) is 17.8 Å². The van der Waals surface area contributed by atoms with Crippen LogP contribution in [-0.4, -0.2) is 41.4 Å². The van der Waals surface area contributed by atoms with Crippen molar-refractivity contribution in [1.82, 2.24) is 4.90 Å². The molecule has 0 aromatic heterocycles. The fourth-order valence-electron chi connectivity index (χ4n) is 2.92. The zero-order valence-electron chi connectivity index (χ0n) is 12.0. The first-order valence-corrected chi connectivity index (χ1v) is 8.28. The smallest absolute Gasteiger partial charge is 0.310 e. The molecule has 1 aliphatic heterocycles. The highest BCUT2D eigenvalue weighted by Gasteiger charge is 2.43. The molecular formula is C16H23NO2S. The van der Waals surface area contributed by atoms with Gasteiger partial charge in [-0.3, -0.25) is 4.79 Å². The summed E-state index contributed by atoms with van der Waals surface area (Å²) < 4.78 is 0. The van der Waals surface area contributed by atoms with Gasteiger partial charge < -0.3 is 10.0 Å². The first kappa shape index (κ1) is 15.4. The van der Waals surface area contributed by atoms with Gasteiger partial charge in [0.2, 0.25) is 0 Å². The van der Waals surface area contributed by atoms with E-state index < -0.39 is 11.4 Å². The molecule has 1 atom stereocenters. The van der Waals surface area contributed by atoms with E-state index in [1.165, 1.54) is 4.90 Å². The quantitative estimate of drug-likeness (QED) is 0.783. The number of thioether (sulfide) groups is 1. The molecule has 1 fully saturated rings. The average Bonchev–Trinajstić information content (AvgIpc) is 2.85. The molecular weight excluding hydrogens is 270 g/mol. The van der Waals surface area contributed by atoms with E-state index in [0.29, 0.717) is 6.54 Å².